The van der Waals surface area contributed by atoms with Gasteiger partial charge in [0.2, 0.25) is 0 Å². The Morgan fingerprint density at radius 2 is 2.22 bits per heavy atom. The van der Waals surface area contributed by atoms with Crippen molar-refractivity contribution < 1.29 is 9.90 Å². The van der Waals surface area contributed by atoms with Crippen LogP contribution < -0.4 is 5.32 Å². The quantitative estimate of drug-likeness (QED) is 0.903. The van der Waals surface area contributed by atoms with Crippen LogP contribution in [0.15, 0.2) is 35.7 Å². The number of phenolic OH excluding ortho intramolecular Hbond substituents is 1. The second kappa shape index (κ2) is 5.42. The highest BCUT2D eigenvalue weighted by Crippen LogP contribution is 2.24. The van der Waals surface area contributed by atoms with Gasteiger partial charge in [0.1, 0.15) is 5.75 Å². The van der Waals surface area contributed by atoms with Crippen LogP contribution in [0.25, 0.3) is 0 Å². The van der Waals surface area contributed by atoms with Crippen molar-refractivity contribution >= 4 is 28.8 Å². The minimum atomic E-state index is -0.210. The molecule has 1 heterocycles. The van der Waals surface area contributed by atoms with Crippen molar-refractivity contribution in [2.45, 2.75) is 13.0 Å². The molecule has 2 N–H and O–H groups in total. The lowest BCUT2D eigenvalue weighted by molar-refractivity contribution is 0.0940. The van der Waals surface area contributed by atoms with Crippen LogP contribution in [0.2, 0.25) is 5.02 Å². The standard InChI is InChI=1S/C13H12ClNO2S/c1-8(12-3-2-6-18-12)15-13(17)9-4-5-11(16)10(14)7-9/h2-8,16H,1H3,(H,15,17)/t8-/m0/s1. The topological polar surface area (TPSA) is 49.3 Å². The Morgan fingerprint density at radius 3 is 2.83 bits per heavy atom. The van der Waals surface area contributed by atoms with E-state index in [4.69, 9.17) is 11.6 Å². The lowest BCUT2D eigenvalue weighted by atomic mass is 10.2. The third-order valence-electron chi connectivity index (χ3n) is 2.53. The van der Waals surface area contributed by atoms with E-state index in [1.165, 1.54) is 18.2 Å². The molecule has 0 saturated heterocycles. The molecule has 2 aromatic rings. The van der Waals surface area contributed by atoms with Crippen LogP contribution in [-0.4, -0.2) is 11.0 Å². The minimum Gasteiger partial charge on any atom is -0.506 e. The molecule has 0 aliphatic carbocycles. The summed E-state index contributed by atoms with van der Waals surface area (Å²) in [5, 5.41) is 14.3. The van der Waals surface area contributed by atoms with Crippen molar-refractivity contribution in [2.75, 3.05) is 0 Å². The molecule has 3 nitrogen and oxygen atoms in total. The van der Waals surface area contributed by atoms with E-state index in [1.807, 2.05) is 24.4 Å². The number of carbonyl (C=O) groups excluding carboxylic acids is 1. The summed E-state index contributed by atoms with van der Waals surface area (Å²) in [6.45, 7) is 1.92. The number of thiophene rings is 1. The Morgan fingerprint density at radius 1 is 1.44 bits per heavy atom. The van der Waals surface area contributed by atoms with Crippen molar-refractivity contribution in [3.63, 3.8) is 0 Å². The zero-order valence-electron chi connectivity index (χ0n) is 9.68. The molecule has 1 atom stereocenters. The number of benzene rings is 1. The zero-order chi connectivity index (χ0) is 13.1. The monoisotopic (exact) mass is 281 g/mol. The highest BCUT2D eigenvalue weighted by molar-refractivity contribution is 7.10. The molecular weight excluding hydrogens is 270 g/mol. The first-order valence-corrected chi connectivity index (χ1v) is 6.66. The second-order valence-electron chi connectivity index (χ2n) is 3.88. The lowest BCUT2D eigenvalue weighted by Crippen LogP contribution is -2.26. The molecule has 0 unspecified atom stereocenters. The molecule has 18 heavy (non-hydrogen) atoms. The molecule has 0 saturated carbocycles. The van der Waals surface area contributed by atoms with Crippen LogP contribution in [0.4, 0.5) is 0 Å². The first-order valence-electron chi connectivity index (χ1n) is 5.40. The fraction of sp³-hybridized carbons (Fsp3) is 0.154. The van der Waals surface area contributed by atoms with Crippen LogP contribution in [0.5, 0.6) is 5.75 Å². The maximum atomic E-state index is 12.0. The van der Waals surface area contributed by atoms with Gasteiger partial charge in [-0.25, -0.2) is 0 Å². The molecule has 2 rings (SSSR count). The maximum Gasteiger partial charge on any atom is 0.251 e. The van der Waals surface area contributed by atoms with Crippen molar-refractivity contribution in [2.24, 2.45) is 0 Å². The third kappa shape index (κ3) is 2.83. The van der Waals surface area contributed by atoms with E-state index in [-0.39, 0.29) is 22.7 Å². The molecule has 1 amide bonds. The molecule has 0 aliphatic heterocycles. The minimum absolute atomic E-state index is 0.0282. The van der Waals surface area contributed by atoms with E-state index in [1.54, 1.807) is 11.3 Å². The summed E-state index contributed by atoms with van der Waals surface area (Å²) in [6, 6.07) is 8.27. The zero-order valence-corrected chi connectivity index (χ0v) is 11.3. The van der Waals surface area contributed by atoms with Crippen molar-refractivity contribution in [1.82, 2.24) is 5.32 Å². The average Bonchev–Trinajstić information content (AvgIpc) is 2.86. The van der Waals surface area contributed by atoms with E-state index in [2.05, 4.69) is 5.32 Å². The fourth-order valence-electron chi connectivity index (χ4n) is 1.54. The average molecular weight is 282 g/mol. The van der Waals surface area contributed by atoms with Crippen molar-refractivity contribution in [1.29, 1.82) is 0 Å². The number of halogens is 1. The Hall–Kier alpha value is -1.52. The van der Waals surface area contributed by atoms with E-state index >= 15 is 0 Å². The number of rotatable bonds is 3. The first kappa shape index (κ1) is 12.9. The van der Waals surface area contributed by atoms with Gasteiger partial charge < -0.3 is 10.4 Å². The molecule has 0 spiro atoms. The summed E-state index contributed by atoms with van der Waals surface area (Å²) in [7, 11) is 0. The van der Waals surface area contributed by atoms with Crippen LogP contribution in [0.3, 0.4) is 0 Å². The summed E-state index contributed by atoms with van der Waals surface area (Å²) >= 11 is 7.36. The van der Waals surface area contributed by atoms with E-state index in [0.717, 1.165) is 4.88 Å². The van der Waals surface area contributed by atoms with Gasteiger partial charge in [0.15, 0.2) is 0 Å². The predicted molar refractivity (Wildman–Crippen MR) is 73.3 cm³/mol. The van der Waals surface area contributed by atoms with Gasteiger partial charge in [0.05, 0.1) is 11.1 Å². The van der Waals surface area contributed by atoms with Crippen molar-refractivity contribution in [3.8, 4) is 5.75 Å². The van der Waals surface area contributed by atoms with Gasteiger partial charge in [-0.15, -0.1) is 11.3 Å². The van der Waals surface area contributed by atoms with E-state index in [0.29, 0.717) is 5.56 Å². The number of amides is 1. The third-order valence-corrected chi connectivity index (χ3v) is 3.89. The predicted octanol–water partition coefficient (Wildman–Crippen LogP) is 3.60. The van der Waals surface area contributed by atoms with Gasteiger partial charge >= 0.3 is 0 Å². The van der Waals surface area contributed by atoms with Gasteiger partial charge in [-0.2, -0.15) is 0 Å². The molecule has 1 aromatic heterocycles. The molecular formula is C13H12ClNO2S. The van der Waals surface area contributed by atoms with Crippen LogP contribution >= 0.6 is 22.9 Å². The number of hydrogen-bond donors (Lipinski definition) is 2. The van der Waals surface area contributed by atoms with Crippen LogP contribution in [-0.2, 0) is 0 Å². The first-order chi connectivity index (χ1) is 8.58. The Bertz CT molecular complexity index is 554. The Labute approximate surface area is 114 Å². The van der Waals surface area contributed by atoms with Gasteiger partial charge in [0, 0.05) is 10.4 Å². The number of hydrogen-bond acceptors (Lipinski definition) is 3. The molecule has 0 bridgehead atoms. The fourth-order valence-corrected chi connectivity index (χ4v) is 2.45. The Balaban J connectivity index is 2.10. The molecule has 5 heteroatoms. The molecule has 0 fully saturated rings. The number of phenols is 1. The number of nitrogens with one attached hydrogen (secondary N) is 1. The van der Waals surface area contributed by atoms with Crippen LogP contribution in [0, 0.1) is 0 Å². The molecule has 94 valence electrons. The van der Waals surface area contributed by atoms with E-state index in [9.17, 15) is 9.90 Å². The summed E-state index contributed by atoms with van der Waals surface area (Å²) in [5.74, 6) is -0.239. The van der Waals surface area contributed by atoms with Gasteiger partial charge in [-0.1, -0.05) is 17.7 Å². The Kier molecular flexibility index (Phi) is 3.89. The van der Waals surface area contributed by atoms with Gasteiger partial charge in [0.25, 0.3) is 5.91 Å². The molecule has 1 aromatic carbocycles. The largest absolute Gasteiger partial charge is 0.506 e. The van der Waals surface area contributed by atoms with Gasteiger partial charge in [-0.05, 0) is 36.6 Å². The van der Waals surface area contributed by atoms with Gasteiger partial charge in [-0.3, -0.25) is 4.79 Å². The van der Waals surface area contributed by atoms with Crippen molar-refractivity contribution in [3.05, 3.63) is 51.2 Å². The number of aromatic hydroxyl groups is 1. The lowest BCUT2D eigenvalue weighted by Gasteiger charge is -2.12. The van der Waals surface area contributed by atoms with Crippen LogP contribution in [0.1, 0.15) is 28.2 Å². The SMILES string of the molecule is C[C@H](NC(=O)c1ccc(O)c(Cl)c1)c1cccs1. The summed E-state index contributed by atoms with van der Waals surface area (Å²) in [5.41, 5.74) is 0.432. The summed E-state index contributed by atoms with van der Waals surface area (Å²) < 4.78 is 0. The summed E-state index contributed by atoms with van der Waals surface area (Å²) in [6.07, 6.45) is 0. The maximum absolute atomic E-state index is 12.0. The van der Waals surface area contributed by atoms with E-state index < -0.39 is 0 Å². The highest BCUT2D eigenvalue weighted by atomic mass is 35.5. The number of carbonyl (C=O) groups is 1. The normalized spacial score (nSPS) is 12.1. The molecule has 0 radical (unpaired) electrons. The highest BCUT2D eigenvalue weighted by Gasteiger charge is 2.13. The summed E-state index contributed by atoms with van der Waals surface area (Å²) in [4.78, 5) is 13.1. The molecule has 0 aliphatic rings. The second-order valence-corrected chi connectivity index (χ2v) is 5.26. The smallest absolute Gasteiger partial charge is 0.251 e.